The van der Waals surface area contributed by atoms with Crippen LogP contribution in [0.5, 0.6) is 23.0 Å². The van der Waals surface area contributed by atoms with Crippen LogP contribution in [-0.2, 0) is 5.41 Å². The van der Waals surface area contributed by atoms with Crippen molar-refractivity contribution in [1.29, 1.82) is 0 Å². The third kappa shape index (κ3) is 2.77. The van der Waals surface area contributed by atoms with Crippen LogP contribution in [0.2, 0.25) is 0 Å². The predicted molar refractivity (Wildman–Crippen MR) is 72.4 cm³/mol. The first kappa shape index (κ1) is 18.6. The van der Waals surface area contributed by atoms with Gasteiger partial charge in [0.15, 0.2) is 23.0 Å². The van der Waals surface area contributed by atoms with E-state index < -0.39 is 51.9 Å². The maximum Gasteiger partial charge on any atom is 0.411 e. The third-order valence-electron chi connectivity index (χ3n) is 3.67. The summed E-state index contributed by atoms with van der Waals surface area (Å²) < 4.78 is 82.2. The normalized spacial score (nSPS) is 13.0. The van der Waals surface area contributed by atoms with Gasteiger partial charge in [-0.25, -0.2) is 0 Å². The summed E-state index contributed by atoms with van der Waals surface area (Å²) in [6.45, 7) is 0. The van der Waals surface area contributed by atoms with Gasteiger partial charge in [0.1, 0.15) is 0 Å². The second kappa shape index (κ2) is 5.64. The summed E-state index contributed by atoms with van der Waals surface area (Å²) in [7, 11) is 0. The minimum Gasteiger partial charge on any atom is -0.504 e. The quantitative estimate of drug-likeness (QED) is 0.479. The number of rotatable bonds is 2. The monoisotopic (exact) mass is 368 g/mol. The van der Waals surface area contributed by atoms with E-state index in [1.165, 1.54) is 0 Å². The Hall–Kier alpha value is -2.78. The highest BCUT2D eigenvalue weighted by molar-refractivity contribution is 5.53. The minimum atomic E-state index is -5.93. The van der Waals surface area contributed by atoms with Crippen LogP contribution in [0.3, 0.4) is 0 Å². The van der Waals surface area contributed by atoms with Gasteiger partial charge in [-0.15, -0.1) is 0 Å². The zero-order valence-corrected chi connectivity index (χ0v) is 12.0. The summed E-state index contributed by atoms with van der Waals surface area (Å²) in [5, 5.41) is 37.1. The van der Waals surface area contributed by atoms with E-state index in [1.54, 1.807) is 0 Å². The van der Waals surface area contributed by atoms with Crippen LogP contribution in [-0.4, -0.2) is 32.8 Å². The standard InChI is InChI=1S/C15H10F6O4/c16-14(17,18)13(15(19,20)21,7-1-3-9(22)11(24)5-7)8-2-4-10(23)12(25)6-8/h1-6,22-25H. The molecule has 0 unspecified atom stereocenters. The molecule has 2 aromatic carbocycles. The van der Waals surface area contributed by atoms with E-state index in [2.05, 4.69) is 0 Å². The second-order valence-electron chi connectivity index (χ2n) is 5.15. The molecule has 0 aliphatic rings. The van der Waals surface area contributed by atoms with Gasteiger partial charge in [0, 0.05) is 0 Å². The zero-order valence-electron chi connectivity index (χ0n) is 12.0. The molecule has 136 valence electrons. The first-order valence-electron chi connectivity index (χ1n) is 6.50. The summed E-state index contributed by atoms with van der Waals surface area (Å²) in [5.41, 5.74) is -7.46. The van der Waals surface area contributed by atoms with Crippen LogP contribution < -0.4 is 0 Å². The predicted octanol–water partition coefficient (Wildman–Crippen LogP) is 3.92. The van der Waals surface area contributed by atoms with Crippen molar-refractivity contribution >= 4 is 0 Å². The number of phenolic OH excluding ortho intramolecular Hbond substituents is 4. The lowest BCUT2D eigenvalue weighted by molar-refractivity contribution is -0.288. The molecule has 0 spiro atoms. The van der Waals surface area contributed by atoms with Crippen LogP contribution in [0.25, 0.3) is 0 Å². The van der Waals surface area contributed by atoms with Crippen LogP contribution in [0.15, 0.2) is 36.4 Å². The maximum absolute atomic E-state index is 13.7. The second-order valence-corrected chi connectivity index (χ2v) is 5.15. The largest absolute Gasteiger partial charge is 0.504 e. The van der Waals surface area contributed by atoms with Gasteiger partial charge < -0.3 is 20.4 Å². The molecule has 0 aliphatic heterocycles. The van der Waals surface area contributed by atoms with E-state index in [0.29, 0.717) is 24.3 Å². The van der Waals surface area contributed by atoms with Crippen molar-refractivity contribution in [1.82, 2.24) is 0 Å². The number of hydrogen-bond acceptors (Lipinski definition) is 4. The number of phenols is 4. The van der Waals surface area contributed by atoms with Crippen molar-refractivity contribution in [3.05, 3.63) is 47.5 Å². The third-order valence-corrected chi connectivity index (χ3v) is 3.67. The molecule has 0 saturated carbocycles. The van der Waals surface area contributed by atoms with Gasteiger partial charge in [0.2, 0.25) is 5.41 Å². The van der Waals surface area contributed by atoms with E-state index in [4.69, 9.17) is 0 Å². The van der Waals surface area contributed by atoms with E-state index >= 15 is 0 Å². The SMILES string of the molecule is Oc1ccc(C(c2ccc(O)c(O)c2)(C(F)(F)F)C(F)(F)F)cc1O. The highest BCUT2D eigenvalue weighted by Crippen LogP contribution is 2.57. The fraction of sp³-hybridized carbons (Fsp3) is 0.200. The fourth-order valence-corrected chi connectivity index (χ4v) is 2.50. The average molecular weight is 368 g/mol. The van der Waals surface area contributed by atoms with Gasteiger partial charge in [0.25, 0.3) is 0 Å². The Bertz CT molecular complexity index is 730. The summed E-state index contributed by atoms with van der Waals surface area (Å²) in [6, 6.07) is 1.97. The summed E-state index contributed by atoms with van der Waals surface area (Å²) in [4.78, 5) is 0. The Balaban J connectivity index is 2.96. The summed E-state index contributed by atoms with van der Waals surface area (Å²) >= 11 is 0. The number of hydrogen-bond donors (Lipinski definition) is 4. The van der Waals surface area contributed by atoms with Crippen LogP contribution in [0.1, 0.15) is 11.1 Å². The molecule has 0 amide bonds. The van der Waals surface area contributed by atoms with Crippen molar-refractivity contribution in [2.75, 3.05) is 0 Å². The maximum atomic E-state index is 13.7. The van der Waals surface area contributed by atoms with E-state index in [-0.39, 0.29) is 12.1 Å². The molecular formula is C15H10F6O4. The Morgan fingerprint density at radius 2 is 0.840 bits per heavy atom. The Morgan fingerprint density at radius 3 is 1.08 bits per heavy atom. The number of aromatic hydroxyl groups is 4. The summed E-state index contributed by atoms with van der Waals surface area (Å²) in [5.74, 6) is -4.18. The van der Waals surface area contributed by atoms with Crippen LogP contribution >= 0.6 is 0 Å². The minimum absolute atomic E-state index is 0.139. The lowest BCUT2D eigenvalue weighted by Crippen LogP contribution is -2.54. The molecule has 10 heteroatoms. The smallest absolute Gasteiger partial charge is 0.411 e. The molecule has 0 saturated heterocycles. The molecule has 0 aliphatic carbocycles. The molecule has 25 heavy (non-hydrogen) atoms. The van der Waals surface area contributed by atoms with Gasteiger partial charge in [-0.2, -0.15) is 26.3 Å². The first-order chi connectivity index (χ1) is 11.3. The van der Waals surface area contributed by atoms with Crippen LogP contribution in [0.4, 0.5) is 26.3 Å². The lowest BCUT2D eigenvalue weighted by atomic mass is 9.72. The Morgan fingerprint density at radius 1 is 0.520 bits per heavy atom. The van der Waals surface area contributed by atoms with Crippen LogP contribution in [0, 0.1) is 0 Å². The molecule has 4 nitrogen and oxygen atoms in total. The van der Waals surface area contributed by atoms with Gasteiger partial charge in [0.05, 0.1) is 0 Å². The molecule has 0 bridgehead atoms. The van der Waals surface area contributed by atoms with Gasteiger partial charge in [-0.05, 0) is 35.4 Å². The first-order valence-corrected chi connectivity index (χ1v) is 6.50. The number of benzene rings is 2. The molecule has 2 rings (SSSR count). The van der Waals surface area contributed by atoms with E-state index in [0.717, 1.165) is 0 Å². The Kier molecular flexibility index (Phi) is 4.19. The number of alkyl halides is 6. The molecule has 0 atom stereocenters. The van der Waals surface area contributed by atoms with Crippen molar-refractivity contribution in [2.45, 2.75) is 17.8 Å². The lowest BCUT2D eigenvalue weighted by Gasteiger charge is -2.38. The topological polar surface area (TPSA) is 80.9 Å². The highest BCUT2D eigenvalue weighted by atomic mass is 19.4. The zero-order chi connectivity index (χ0) is 19.2. The molecule has 0 aromatic heterocycles. The Labute approximate surface area is 136 Å². The van der Waals surface area contributed by atoms with Crippen molar-refractivity contribution in [3.63, 3.8) is 0 Å². The molecule has 0 radical (unpaired) electrons. The van der Waals surface area contributed by atoms with Crippen molar-refractivity contribution < 1.29 is 46.8 Å². The highest BCUT2D eigenvalue weighted by Gasteiger charge is 2.72. The van der Waals surface area contributed by atoms with Gasteiger partial charge in [-0.1, -0.05) is 12.1 Å². The van der Waals surface area contributed by atoms with Gasteiger partial charge in [-0.3, -0.25) is 0 Å². The molecular weight excluding hydrogens is 358 g/mol. The van der Waals surface area contributed by atoms with Crippen molar-refractivity contribution in [3.8, 4) is 23.0 Å². The van der Waals surface area contributed by atoms with E-state index in [9.17, 15) is 46.8 Å². The van der Waals surface area contributed by atoms with Gasteiger partial charge >= 0.3 is 12.4 Å². The number of halogens is 6. The molecule has 0 heterocycles. The molecule has 4 N–H and O–H groups in total. The molecule has 0 fully saturated rings. The average Bonchev–Trinajstić information content (AvgIpc) is 2.44. The fourth-order valence-electron chi connectivity index (χ4n) is 2.50. The molecule has 2 aromatic rings. The van der Waals surface area contributed by atoms with E-state index in [1.807, 2.05) is 0 Å². The van der Waals surface area contributed by atoms with Crippen molar-refractivity contribution in [2.24, 2.45) is 0 Å². The summed E-state index contributed by atoms with van der Waals surface area (Å²) in [6.07, 6.45) is -11.9.